The molecule has 1 aromatic rings. The second-order valence-corrected chi connectivity index (χ2v) is 6.11. The first-order valence-electron chi connectivity index (χ1n) is 7.23. The van der Waals surface area contributed by atoms with Crippen LogP contribution < -0.4 is 0 Å². The largest absolute Gasteiger partial charge is 0.508 e. The molecule has 0 bridgehead atoms. The molecule has 2 aliphatic rings. The molecule has 0 saturated carbocycles. The van der Waals surface area contributed by atoms with Gasteiger partial charge in [-0.15, -0.1) is 0 Å². The van der Waals surface area contributed by atoms with Crippen molar-refractivity contribution in [1.82, 2.24) is 0 Å². The van der Waals surface area contributed by atoms with E-state index in [1.807, 2.05) is 0 Å². The van der Waals surface area contributed by atoms with Gasteiger partial charge in [-0.2, -0.15) is 0 Å². The Kier molecular flexibility index (Phi) is 3.36. The number of ether oxygens (including phenoxy) is 2. The molecule has 0 aromatic heterocycles. The number of hydrogen-bond acceptors (Lipinski definition) is 6. The van der Waals surface area contributed by atoms with Gasteiger partial charge in [0.05, 0.1) is 11.7 Å². The molecule has 0 aliphatic carbocycles. The second-order valence-electron chi connectivity index (χ2n) is 6.11. The fourth-order valence-electron chi connectivity index (χ4n) is 3.08. The molecule has 22 heavy (non-hydrogen) atoms. The lowest BCUT2D eigenvalue weighted by Gasteiger charge is -2.29. The molecule has 6 heteroatoms. The monoisotopic (exact) mass is 306 g/mol. The van der Waals surface area contributed by atoms with Gasteiger partial charge in [0, 0.05) is 18.4 Å². The maximum atomic E-state index is 11.6. The van der Waals surface area contributed by atoms with Crippen LogP contribution in [0, 0.1) is 6.92 Å². The average Bonchev–Trinajstić information content (AvgIpc) is 2.99. The van der Waals surface area contributed by atoms with E-state index in [2.05, 4.69) is 0 Å². The van der Waals surface area contributed by atoms with E-state index in [1.165, 1.54) is 6.07 Å². The maximum Gasteiger partial charge on any atom is 0.339 e. The minimum absolute atomic E-state index is 0.0536. The fraction of sp³-hybridized carbons (Fsp3) is 0.500. The van der Waals surface area contributed by atoms with Gasteiger partial charge in [-0.25, -0.2) is 4.79 Å². The third kappa shape index (κ3) is 2.23. The first-order valence-corrected chi connectivity index (χ1v) is 7.23. The van der Waals surface area contributed by atoms with E-state index in [1.54, 1.807) is 13.8 Å². The number of carbonyl (C=O) groups excluding carboxylic acids is 2. The third-order valence-electron chi connectivity index (χ3n) is 4.66. The van der Waals surface area contributed by atoms with Crippen molar-refractivity contribution in [2.75, 3.05) is 0 Å². The van der Waals surface area contributed by atoms with E-state index in [-0.39, 0.29) is 31.2 Å². The summed E-state index contributed by atoms with van der Waals surface area (Å²) in [6.07, 6.45) is -0.0625. The smallest absolute Gasteiger partial charge is 0.339 e. The van der Waals surface area contributed by atoms with Crippen molar-refractivity contribution in [3.8, 4) is 5.75 Å². The van der Waals surface area contributed by atoms with E-state index in [0.29, 0.717) is 17.5 Å². The van der Waals surface area contributed by atoms with Crippen LogP contribution in [-0.2, 0) is 27.3 Å². The zero-order valence-electron chi connectivity index (χ0n) is 12.5. The van der Waals surface area contributed by atoms with Crippen molar-refractivity contribution in [1.29, 1.82) is 0 Å². The summed E-state index contributed by atoms with van der Waals surface area (Å²) in [7, 11) is 0. The Bertz CT molecular complexity index is 665. The molecule has 6 nitrogen and oxygen atoms in total. The molecule has 0 unspecified atom stereocenters. The van der Waals surface area contributed by atoms with Crippen molar-refractivity contribution < 1.29 is 29.3 Å². The van der Waals surface area contributed by atoms with Crippen LogP contribution in [0.4, 0.5) is 0 Å². The van der Waals surface area contributed by atoms with Gasteiger partial charge in [0.15, 0.2) is 0 Å². The van der Waals surface area contributed by atoms with Crippen molar-refractivity contribution in [2.24, 2.45) is 0 Å². The molecule has 1 aromatic carbocycles. The van der Waals surface area contributed by atoms with Crippen LogP contribution in [0.2, 0.25) is 0 Å². The molecule has 2 atom stereocenters. The summed E-state index contributed by atoms with van der Waals surface area (Å²) in [6, 6.07) is 1.38. The van der Waals surface area contributed by atoms with Crippen LogP contribution in [0.5, 0.6) is 5.75 Å². The number of aliphatic hydroxyl groups excluding tert-OH is 1. The molecule has 2 aliphatic heterocycles. The number of hydrogen-bond donors (Lipinski definition) is 2. The number of phenols is 1. The Morgan fingerprint density at radius 2 is 2.14 bits per heavy atom. The number of benzene rings is 1. The lowest BCUT2D eigenvalue weighted by atomic mass is 9.87. The van der Waals surface area contributed by atoms with Crippen molar-refractivity contribution in [2.45, 2.75) is 51.4 Å². The van der Waals surface area contributed by atoms with E-state index >= 15 is 0 Å². The Morgan fingerprint density at radius 3 is 2.77 bits per heavy atom. The minimum Gasteiger partial charge on any atom is -0.508 e. The standard InChI is InChI=1S/C16H18O6/c1-8-9(6-13(18)16(2)4-3-14(19)22-16)12(17)5-10-11(8)7-21-15(10)20/h5,13,17-18H,3-4,6-7H2,1-2H3/t13-,16-/m0/s1. The quantitative estimate of drug-likeness (QED) is 0.819. The molecular formula is C16H18O6. The number of aromatic hydroxyl groups is 1. The minimum atomic E-state index is -0.943. The average molecular weight is 306 g/mol. The highest BCUT2D eigenvalue weighted by atomic mass is 16.6. The number of aliphatic hydroxyl groups is 1. The molecule has 118 valence electrons. The Hall–Kier alpha value is -2.08. The third-order valence-corrected chi connectivity index (χ3v) is 4.66. The molecular weight excluding hydrogens is 288 g/mol. The van der Waals surface area contributed by atoms with Gasteiger partial charge in [0.25, 0.3) is 0 Å². The second kappa shape index (κ2) is 4.98. The Labute approximate surface area is 127 Å². The Balaban J connectivity index is 1.90. The van der Waals surface area contributed by atoms with Gasteiger partial charge >= 0.3 is 11.9 Å². The number of fused-ring (bicyclic) bond motifs is 1. The zero-order valence-corrected chi connectivity index (χ0v) is 12.5. The summed E-state index contributed by atoms with van der Waals surface area (Å²) in [4.78, 5) is 22.9. The predicted octanol–water partition coefficient (Wildman–Crippen LogP) is 1.37. The summed E-state index contributed by atoms with van der Waals surface area (Å²) >= 11 is 0. The lowest BCUT2D eigenvalue weighted by Crippen LogP contribution is -2.40. The van der Waals surface area contributed by atoms with E-state index < -0.39 is 17.7 Å². The summed E-state index contributed by atoms with van der Waals surface area (Å²) < 4.78 is 10.2. The fourth-order valence-corrected chi connectivity index (χ4v) is 3.08. The summed E-state index contributed by atoms with van der Waals surface area (Å²) in [5.74, 6) is -0.824. The van der Waals surface area contributed by atoms with E-state index in [0.717, 1.165) is 11.1 Å². The molecule has 1 fully saturated rings. The molecule has 3 rings (SSSR count). The lowest BCUT2D eigenvalue weighted by molar-refractivity contribution is -0.156. The maximum absolute atomic E-state index is 11.6. The number of esters is 2. The topological polar surface area (TPSA) is 93.1 Å². The van der Waals surface area contributed by atoms with Gasteiger partial charge in [0.2, 0.25) is 0 Å². The van der Waals surface area contributed by atoms with Crippen molar-refractivity contribution in [3.05, 3.63) is 28.3 Å². The molecule has 2 N–H and O–H groups in total. The predicted molar refractivity (Wildman–Crippen MR) is 75.4 cm³/mol. The van der Waals surface area contributed by atoms with Gasteiger partial charge < -0.3 is 19.7 Å². The van der Waals surface area contributed by atoms with Crippen LogP contribution in [-0.4, -0.2) is 33.9 Å². The summed E-state index contributed by atoms with van der Waals surface area (Å²) in [5, 5.41) is 20.6. The molecule has 0 spiro atoms. The van der Waals surface area contributed by atoms with Gasteiger partial charge in [-0.05, 0) is 37.5 Å². The first kappa shape index (κ1) is 14.8. The van der Waals surface area contributed by atoms with E-state index in [9.17, 15) is 19.8 Å². The van der Waals surface area contributed by atoms with Gasteiger partial charge in [-0.1, -0.05) is 0 Å². The zero-order chi connectivity index (χ0) is 16.1. The summed E-state index contributed by atoms with van der Waals surface area (Å²) in [5.41, 5.74) is 1.44. The van der Waals surface area contributed by atoms with E-state index in [4.69, 9.17) is 9.47 Å². The normalized spacial score (nSPS) is 24.9. The Morgan fingerprint density at radius 1 is 1.41 bits per heavy atom. The van der Waals surface area contributed by atoms with Crippen LogP contribution >= 0.6 is 0 Å². The van der Waals surface area contributed by atoms with Gasteiger partial charge in [0.1, 0.15) is 18.0 Å². The van der Waals surface area contributed by atoms with Crippen molar-refractivity contribution >= 4 is 11.9 Å². The van der Waals surface area contributed by atoms with Crippen molar-refractivity contribution in [3.63, 3.8) is 0 Å². The highest BCUT2D eigenvalue weighted by Gasteiger charge is 2.42. The number of rotatable bonds is 3. The molecule has 2 heterocycles. The number of carbonyl (C=O) groups is 2. The van der Waals surface area contributed by atoms with Crippen LogP contribution in [0.15, 0.2) is 6.07 Å². The highest BCUT2D eigenvalue weighted by Crippen LogP contribution is 2.36. The van der Waals surface area contributed by atoms with Crippen LogP contribution in [0.25, 0.3) is 0 Å². The van der Waals surface area contributed by atoms with Gasteiger partial charge in [-0.3, -0.25) is 4.79 Å². The molecule has 0 amide bonds. The number of cyclic esters (lactones) is 2. The first-order chi connectivity index (χ1) is 10.3. The highest BCUT2D eigenvalue weighted by molar-refractivity contribution is 5.94. The van der Waals surface area contributed by atoms with Crippen LogP contribution in [0.3, 0.4) is 0 Å². The summed E-state index contributed by atoms with van der Waals surface area (Å²) in [6.45, 7) is 3.65. The number of phenolic OH excluding ortho intramolecular Hbond substituents is 1. The molecule has 0 radical (unpaired) electrons. The SMILES string of the molecule is Cc1c(C[C@H](O)[C@]2(C)CCC(=O)O2)c(O)cc2c1COC2=O. The van der Waals surface area contributed by atoms with Crippen LogP contribution in [0.1, 0.15) is 46.8 Å². The molecule has 1 saturated heterocycles.